The van der Waals surface area contributed by atoms with Crippen LogP contribution in [-0.4, -0.2) is 40.5 Å². The zero-order valence-corrected chi connectivity index (χ0v) is 11.1. The number of nitrogens with zero attached hydrogens (tertiary/aromatic N) is 1. The molecule has 1 aliphatic heterocycles. The van der Waals surface area contributed by atoms with Gasteiger partial charge in [0.2, 0.25) is 5.91 Å². The number of hydrogen-bond donors (Lipinski definition) is 2. The van der Waals surface area contributed by atoms with Crippen LogP contribution in [0.25, 0.3) is 0 Å². The highest BCUT2D eigenvalue weighted by Crippen LogP contribution is 2.18. The van der Waals surface area contributed by atoms with Gasteiger partial charge in [-0.15, -0.1) is 0 Å². The first-order valence-electron chi connectivity index (χ1n) is 6.86. The summed E-state index contributed by atoms with van der Waals surface area (Å²) in [6.07, 6.45) is 5.79. The molecule has 1 amide bonds. The highest BCUT2D eigenvalue weighted by Gasteiger charge is 2.32. The molecule has 1 heterocycles. The molecule has 0 radical (unpaired) electrons. The first kappa shape index (κ1) is 15.0. The molecule has 0 aliphatic carbocycles. The third-order valence-corrected chi connectivity index (χ3v) is 3.51. The lowest BCUT2D eigenvalue weighted by Crippen LogP contribution is -2.51. The van der Waals surface area contributed by atoms with Crippen LogP contribution in [0.5, 0.6) is 0 Å². The molecule has 5 heteroatoms. The molecule has 2 unspecified atom stereocenters. The van der Waals surface area contributed by atoms with Gasteiger partial charge in [0, 0.05) is 6.54 Å². The van der Waals surface area contributed by atoms with Gasteiger partial charge in [-0.05, 0) is 19.3 Å². The second-order valence-corrected chi connectivity index (χ2v) is 4.98. The fourth-order valence-corrected chi connectivity index (χ4v) is 2.39. The van der Waals surface area contributed by atoms with Crippen molar-refractivity contribution in [3.63, 3.8) is 0 Å². The standard InChI is InChI=1S/C13H24N2O3/c1-2-3-7-10(14)12(16)15-9-6-4-5-8-11(15)13(17)18/h10-11H,2-9,14H2,1H3,(H,17,18). The molecule has 1 aliphatic rings. The smallest absolute Gasteiger partial charge is 0.326 e. The third kappa shape index (κ3) is 3.98. The zero-order valence-electron chi connectivity index (χ0n) is 11.1. The van der Waals surface area contributed by atoms with E-state index < -0.39 is 18.1 Å². The number of nitrogens with two attached hydrogens (primary N) is 1. The molecular weight excluding hydrogens is 232 g/mol. The van der Waals surface area contributed by atoms with Gasteiger partial charge < -0.3 is 15.7 Å². The Morgan fingerprint density at radius 3 is 2.72 bits per heavy atom. The van der Waals surface area contributed by atoms with Crippen LogP contribution in [-0.2, 0) is 9.59 Å². The lowest BCUT2D eigenvalue weighted by atomic mass is 10.1. The maximum absolute atomic E-state index is 12.2. The number of carbonyl (C=O) groups is 2. The molecule has 2 atom stereocenters. The van der Waals surface area contributed by atoms with Gasteiger partial charge in [0.05, 0.1) is 6.04 Å². The van der Waals surface area contributed by atoms with E-state index in [1.54, 1.807) is 0 Å². The predicted octanol–water partition coefficient (Wildman–Crippen LogP) is 1.36. The fourth-order valence-electron chi connectivity index (χ4n) is 2.39. The molecule has 1 rings (SSSR count). The second-order valence-electron chi connectivity index (χ2n) is 4.98. The Balaban J connectivity index is 2.68. The van der Waals surface area contributed by atoms with Gasteiger partial charge in [-0.2, -0.15) is 0 Å². The Kier molecular flexibility index (Phi) is 6.12. The van der Waals surface area contributed by atoms with Crippen molar-refractivity contribution < 1.29 is 14.7 Å². The minimum absolute atomic E-state index is 0.197. The summed E-state index contributed by atoms with van der Waals surface area (Å²) in [5.74, 6) is -1.11. The molecule has 0 aromatic carbocycles. The highest BCUT2D eigenvalue weighted by molar-refractivity contribution is 5.86. The van der Waals surface area contributed by atoms with E-state index >= 15 is 0 Å². The molecular formula is C13H24N2O3. The van der Waals surface area contributed by atoms with Crippen LogP contribution in [0.3, 0.4) is 0 Å². The fraction of sp³-hybridized carbons (Fsp3) is 0.846. The van der Waals surface area contributed by atoms with Crippen molar-refractivity contribution in [1.82, 2.24) is 4.90 Å². The highest BCUT2D eigenvalue weighted by atomic mass is 16.4. The van der Waals surface area contributed by atoms with Crippen LogP contribution >= 0.6 is 0 Å². The molecule has 104 valence electrons. The maximum Gasteiger partial charge on any atom is 0.326 e. The average Bonchev–Trinajstić information content (AvgIpc) is 2.60. The van der Waals surface area contributed by atoms with Crippen molar-refractivity contribution in [3.05, 3.63) is 0 Å². The molecule has 5 nitrogen and oxygen atoms in total. The molecule has 3 N–H and O–H groups in total. The van der Waals surface area contributed by atoms with E-state index in [1.165, 1.54) is 4.90 Å². The first-order valence-corrected chi connectivity index (χ1v) is 6.86. The van der Waals surface area contributed by atoms with Crippen LogP contribution in [0.4, 0.5) is 0 Å². The predicted molar refractivity (Wildman–Crippen MR) is 69.1 cm³/mol. The summed E-state index contributed by atoms with van der Waals surface area (Å²) in [5, 5.41) is 9.21. The first-order chi connectivity index (χ1) is 8.57. The van der Waals surface area contributed by atoms with Crippen molar-refractivity contribution in [3.8, 4) is 0 Å². The number of hydrogen-bond acceptors (Lipinski definition) is 3. The second kappa shape index (κ2) is 7.36. The monoisotopic (exact) mass is 256 g/mol. The van der Waals surface area contributed by atoms with E-state index in [2.05, 4.69) is 0 Å². The largest absolute Gasteiger partial charge is 0.480 e. The summed E-state index contributed by atoms with van der Waals surface area (Å²) >= 11 is 0. The molecule has 0 spiro atoms. The molecule has 0 aromatic heterocycles. The summed E-state index contributed by atoms with van der Waals surface area (Å²) < 4.78 is 0. The summed E-state index contributed by atoms with van der Waals surface area (Å²) in [4.78, 5) is 24.9. The summed E-state index contributed by atoms with van der Waals surface area (Å²) in [5.41, 5.74) is 5.86. The van der Waals surface area contributed by atoms with Gasteiger partial charge in [0.25, 0.3) is 0 Å². The summed E-state index contributed by atoms with van der Waals surface area (Å²) in [7, 11) is 0. The Bertz CT molecular complexity index is 294. The molecule has 18 heavy (non-hydrogen) atoms. The van der Waals surface area contributed by atoms with Crippen molar-refractivity contribution in [2.75, 3.05) is 6.54 Å². The van der Waals surface area contributed by atoms with E-state index in [0.29, 0.717) is 19.4 Å². The van der Waals surface area contributed by atoms with Gasteiger partial charge in [0.1, 0.15) is 6.04 Å². The van der Waals surface area contributed by atoms with Crippen LogP contribution in [0, 0.1) is 0 Å². The Labute approximate surface area is 108 Å². The van der Waals surface area contributed by atoms with Gasteiger partial charge >= 0.3 is 5.97 Å². The number of unbranched alkanes of at least 4 members (excludes halogenated alkanes) is 1. The number of likely N-dealkylation sites (tertiary alicyclic amines) is 1. The van der Waals surface area contributed by atoms with Gasteiger partial charge in [-0.1, -0.05) is 32.6 Å². The van der Waals surface area contributed by atoms with Crippen molar-refractivity contribution in [2.45, 2.75) is 64.0 Å². The third-order valence-electron chi connectivity index (χ3n) is 3.51. The van der Waals surface area contributed by atoms with E-state index in [1.807, 2.05) is 6.92 Å². The molecule has 1 fully saturated rings. The van der Waals surface area contributed by atoms with E-state index in [-0.39, 0.29) is 5.91 Å². The van der Waals surface area contributed by atoms with Crippen LogP contribution in [0.15, 0.2) is 0 Å². The number of carboxylic acids is 1. The number of amides is 1. The van der Waals surface area contributed by atoms with E-state index in [9.17, 15) is 14.7 Å². The van der Waals surface area contributed by atoms with Crippen LogP contribution < -0.4 is 5.73 Å². The van der Waals surface area contributed by atoms with Crippen molar-refractivity contribution >= 4 is 11.9 Å². The number of aliphatic carboxylic acids is 1. The Morgan fingerprint density at radius 2 is 2.11 bits per heavy atom. The van der Waals surface area contributed by atoms with Gasteiger partial charge in [-0.3, -0.25) is 4.79 Å². The Hall–Kier alpha value is -1.10. The molecule has 0 aromatic rings. The van der Waals surface area contributed by atoms with Crippen molar-refractivity contribution in [1.29, 1.82) is 0 Å². The number of carbonyl (C=O) groups excluding carboxylic acids is 1. The summed E-state index contributed by atoms with van der Waals surface area (Å²) in [6, 6.07) is -1.24. The van der Waals surface area contributed by atoms with Crippen LogP contribution in [0.2, 0.25) is 0 Å². The normalized spacial score (nSPS) is 22.3. The zero-order chi connectivity index (χ0) is 13.5. The van der Waals surface area contributed by atoms with Gasteiger partial charge in [-0.25, -0.2) is 4.79 Å². The van der Waals surface area contributed by atoms with E-state index in [4.69, 9.17) is 5.73 Å². The van der Waals surface area contributed by atoms with Crippen molar-refractivity contribution in [2.24, 2.45) is 5.73 Å². The van der Waals surface area contributed by atoms with E-state index in [0.717, 1.165) is 32.1 Å². The topological polar surface area (TPSA) is 83.6 Å². The maximum atomic E-state index is 12.2. The molecule has 0 bridgehead atoms. The number of carboxylic acid groups (broad SMARTS) is 1. The lowest BCUT2D eigenvalue weighted by molar-refractivity contribution is -0.150. The molecule has 0 saturated carbocycles. The van der Waals surface area contributed by atoms with Crippen LogP contribution in [0.1, 0.15) is 51.9 Å². The minimum atomic E-state index is -0.909. The molecule has 1 saturated heterocycles. The SMILES string of the molecule is CCCCC(N)C(=O)N1CCCCCC1C(=O)O. The average molecular weight is 256 g/mol. The minimum Gasteiger partial charge on any atom is -0.480 e. The quantitative estimate of drug-likeness (QED) is 0.778. The van der Waals surface area contributed by atoms with Gasteiger partial charge in [0.15, 0.2) is 0 Å². The lowest BCUT2D eigenvalue weighted by Gasteiger charge is -2.29. The summed E-state index contributed by atoms with van der Waals surface area (Å²) in [6.45, 7) is 2.57. The number of rotatable bonds is 5. The Morgan fingerprint density at radius 1 is 1.39 bits per heavy atom.